The molecule has 3 aliphatic rings. The van der Waals surface area contributed by atoms with Crippen molar-refractivity contribution in [3.8, 4) is 0 Å². The summed E-state index contributed by atoms with van der Waals surface area (Å²) in [6, 6.07) is 2.46. The standard InChI is InChI=1S/C24H36N5O11P/c1-10-6-14(24(33)23(38-10)39-22-20(32)17(25-2)19(31)18(26-3)21(22)40-24)29-16(30)8-15-27-12-5-4-11(7-13(12)28-15)9-37-41(34,35)36/h4-5,7,10,14,17-23,25-26,31-33H,6,8-9H2,1-3H3,(H,27,28)(H,29,30)(H2,34,35,36)/t10-,14-,17-,18+,19+,20+,21-,22-,23+,24+/m1/s1. The molecule has 3 heterocycles. The quantitative estimate of drug-likeness (QED) is 0.145. The summed E-state index contributed by atoms with van der Waals surface area (Å²) in [5.41, 5.74) is 1.56. The smallest absolute Gasteiger partial charge is 0.390 e. The molecular formula is C24H36N5O11P. The number of benzene rings is 1. The van der Waals surface area contributed by atoms with Crippen LogP contribution < -0.4 is 16.0 Å². The van der Waals surface area contributed by atoms with Crippen molar-refractivity contribution in [1.82, 2.24) is 25.9 Å². The van der Waals surface area contributed by atoms with Crippen LogP contribution >= 0.6 is 7.82 Å². The molecule has 1 amide bonds. The summed E-state index contributed by atoms with van der Waals surface area (Å²) in [7, 11) is -1.40. The molecule has 0 unspecified atom stereocenters. The molecule has 0 radical (unpaired) electrons. The molecule has 10 atom stereocenters. The number of H-pyrrole nitrogens is 1. The fourth-order valence-electron chi connectivity index (χ4n) is 5.85. The number of amides is 1. The van der Waals surface area contributed by atoms with Gasteiger partial charge in [-0.05, 0) is 45.1 Å². The molecule has 5 rings (SSSR count). The van der Waals surface area contributed by atoms with Crippen LogP contribution in [0.5, 0.6) is 0 Å². The van der Waals surface area contributed by atoms with E-state index in [2.05, 4.69) is 30.4 Å². The van der Waals surface area contributed by atoms with Crippen molar-refractivity contribution in [3.05, 3.63) is 29.6 Å². The monoisotopic (exact) mass is 601 g/mol. The summed E-state index contributed by atoms with van der Waals surface area (Å²) < 4.78 is 33.5. The highest BCUT2D eigenvalue weighted by Crippen LogP contribution is 2.42. The van der Waals surface area contributed by atoms with E-state index < -0.39 is 74.5 Å². The maximum absolute atomic E-state index is 13.1. The lowest BCUT2D eigenvalue weighted by Crippen LogP contribution is -2.79. The molecule has 0 bridgehead atoms. The minimum absolute atomic E-state index is 0.178. The number of likely N-dealkylation sites (N-methyl/N-ethyl adjacent to an activating group) is 2. The number of phosphoric ester groups is 1. The third kappa shape index (κ3) is 6.06. The van der Waals surface area contributed by atoms with Crippen LogP contribution in [-0.4, -0.2) is 116 Å². The Hall–Kier alpha value is -2.05. The first-order chi connectivity index (χ1) is 19.3. The number of aromatic amines is 1. The van der Waals surface area contributed by atoms with Crippen molar-refractivity contribution in [2.75, 3.05) is 14.1 Å². The average molecular weight is 602 g/mol. The fraction of sp³-hybridized carbons (Fsp3) is 0.667. The number of aliphatic hydroxyl groups excluding tert-OH is 2. The molecule has 2 aromatic rings. The summed E-state index contributed by atoms with van der Waals surface area (Å²) >= 11 is 0. The molecule has 17 heteroatoms. The van der Waals surface area contributed by atoms with Gasteiger partial charge in [0.2, 0.25) is 18.0 Å². The highest BCUT2D eigenvalue weighted by molar-refractivity contribution is 7.46. The molecule has 1 aliphatic carbocycles. The van der Waals surface area contributed by atoms with E-state index in [0.29, 0.717) is 22.4 Å². The zero-order chi connectivity index (χ0) is 29.7. The molecule has 9 N–H and O–H groups in total. The summed E-state index contributed by atoms with van der Waals surface area (Å²) in [5, 5.41) is 42.1. The second-order valence-electron chi connectivity index (χ2n) is 10.7. The Bertz CT molecular complexity index is 1310. The summed E-state index contributed by atoms with van der Waals surface area (Å²) in [4.78, 5) is 38.4. The van der Waals surface area contributed by atoms with Gasteiger partial charge in [0.15, 0.2) is 0 Å². The van der Waals surface area contributed by atoms with Gasteiger partial charge in [-0.1, -0.05) is 6.07 Å². The second-order valence-corrected chi connectivity index (χ2v) is 11.9. The molecule has 2 aliphatic heterocycles. The van der Waals surface area contributed by atoms with E-state index in [1.807, 2.05) is 0 Å². The minimum Gasteiger partial charge on any atom is -0.390 e. The number of nitrogens with zero attached hydrogens (tertiary/aromatic N) is 1. The number of carbonyl (C=O) groups is 1. The Labute approximate surface area is 235 Å². The Morgan fingerprint density at radius 3 is 2.59 bits per heavy atom. The van der Waals surface area contributed by atoms with Gasteiger partial charge in [0.25, 0.3) is 0 Å². The average Bonchev–Trinajstić information content (AvgIpc) is 3.29. The molecule has 1 aromatic carbocycles. The number of hydrogen-bond donors (Lipinski definition) is 9. The number of carbonyl (C=O) groups excluding carboxylic acids is 1. The SMILES string of the molecule is CN[C@@H]1[C@H](O)[C@H](NC)[C@H]2O[C@]3(O)[C@H](O[C@@H]2[C@H]1O)O[C@H](C)C[C@H]3NC(=O)Cc1nc2cc(COP(=O)(O)O)ccc2[nH]1. The molecule has 1 saturated carbocycles. The number of imidazole rings is 1. The predicted molar refractivity (Wildman–Crippen MR) is 140 cm³/mol. The van der Waals surface area contributed by atoms with E-state index in [1.54, 1.807) is 39.2 Å². The van der Waals surface area contributed by atoms with Crippen LogP contribution in [0, 0.1) is 0 Å². The normalized spacial score (nSPS) is 37.4. The first-order valence-electron chi connectivity index (χ1n) is 13.2. The lowest BCUT2D eigenvalue weighted by Gasteiger charge is -2.58. The third-order valence-corrected chi connectivity index (χ3v) is 8.28. The molecule has 2 saturated heterocycles. The van der Waals surface area contributed by atoms with Gasteiger partial charge in [-0.2, -0.15) is 0 Å². The zero-order valence-electron chi connectivity index (χ0n) is 22.6. The van der Waals surface area contributed by atoms with Gasteiger partial charge in [-0.15, -0.1) is 0 Å². The molecule has 228 valence electrons. The summed E-state index contributed by atoms with van der Waals surface area (Å²) in [6.45, 7) is 1.45. The molecule has 0 spiro atoms. The molecule has 16 nitrogen and oxygen atoms in total. The van der Waals surface area contributed by atoms with Crippen molar-refractivity contribution in [2.45, 2.75) is 87.1 Å². The highest BCUT2D eigenvalue weighted by Gasteiger charge is 2.63. The van der Waals surface area contributed by atoms with Gasteiger partial charge in [0, 0.05) is 0 Å². The maximum Gasteiger partial charge on any atom is 0.469 e. The number of aliphatic hydroxyl groups is 3. The zero-order valence-corrected chi connectivity index (χ0v) is 23.5. The van der Waals surface area contributed by atoms with Crippen LogP contribution in [0.1, 0.15) is 24.7 Å². The van der Waals surface area contributed by atoms with Crippen molar-refractivity contribution >= 4 is 24.8 Å². The van der Waals surface area contributed by atoms with Gasteiger partial charge in [-0.25, -0.2) is 9.55 Å². The van der Waals surface area contributed by atoms with Gasteiger partial charge >= 0.3 is 7.82 Å². The van der Waals surface area contributed by atoms with Crippen molar-refractivity contribution < 1.29 is 53.2 Å². The molecule has 1 aromatic heterocycles. The lowest BCUT2D eigenvalue weighted by molar-refractivity contribution is -0.449. The van der Waals surface area contributed by atoms with Crippen LogP contribution in [-0.2, 0) is 41.1 Å². The Balaban J connectivity index is 1.30. The van der Waals surface area contributed by atoms with Crippen LogP contribution in [0.3, 0.4) is 0 Å². The fourth-order valence-corrected chi connectivity index (χ4v) is 6.17. The molecule has 41 heavy (non-hydrogen) atoms. The van der Waals surface area contributed by atoms with E-state index >= 15 is 0 Å². The molecule has 3 fully saturated rings. The van der Waals surface area contributed by atoms with Crippen LogP contribution in [0.4, 0.5) is 0 Å². The summed E-state index contributed by atoms with van der Waals surface area (Å²) in [5.74, 6) is -2.27. The number of fused-ring (bicyclic) bond motifs is 3. The van der Waals surface area contributed by atoms with E-state index in [4.69, 9.17) is 24.0 Å². The number of nitrogens with one attached hydrogen (secondary N) is 4. The third-order valence-electron chi connectivity index (χ3n) is 7.81. The van der Waals surface area contributed by atoms with Crippen molar-refractivity contribution in [3.63, 3.8) is 0 Å². The van der Waals surface area contributed by atoms with Crippen LogP contribution in [0.15, 0.2) is 18.2 Å². The predicted octanol–water partition coefficient (Wildman–Crippen LogP) is -2.28. The summed E-state index contributed by atoms with van der Waals surface area (Å²) in [6.07, 6.45) is -5.88. The first kappa shape index (κ1) is 30.4. The van der Waals surface area contributed by atoms with Crippen LogP contribution in [0.25, 0.3) is 11.0 Å². The first-order valence-corrected chi connectivity index (χ1v) is 14.7. The topological polar surface area (TPSA) is 237 Å². The van der Waals surface area contributed by atoms with Gasteiger partial charge in [0.05, 0.1) is 54.4 Å². The van der Waals surface area contributed by atoms with E-state index in [9.17, 15) is 24.7 Å². The minimum atomic E-state index is -4.63. The maximum atomic E-state index is 13.1. The number of phosphoric acid groups is 1. The number of hydrogen-bond acceptors (Lipinski definition) is 12. The Morgan fingerprint density at radius 2 is 1.90 bits per heavy atom. The van der Waals surface area contributed by atoms with Crippen molar-refractivity contribution in [2.24, 2.45) is 0 Å². The lowest BCUT2D eigenvalue weighted by atomic mass is 9.79. The van der Waals surface area contributed by atoms with Crippen molar-refractivity contribution in [1.29, 1.82) is 0 Å². The molecular weight excluding hydrogens is 565 g/mol. The van der Waals surface area contributed by atoms with Gasteiger partial charge in [-0.3, -0.25) is 9.32 Å². The second kappa shape index (κ2) is 11.6. The van der Waals surface area contributed by atoms with Crippen LogP contribution in [0.2, 0.25) is 0 Å². The van der Waals surface area contributed by atoms with E-state index in [0.717, 1.165) is 0 Å². The largest absolute Gasteiger partial charge is 0.469 e. The Kier molecular flexibility index (Phi) is 8.57. The van der Waals surface area contributed by atoms with Gasteiger partial charge < -0.3 is 60.3 Å². The Morgan fingerprint density at radius 1 is 1.17 bits per heavy atom. The highest BCUT2D eigenvalue weighted by atomic mass is 31.2. The number of ether oxygens (including phenoxy) is 3. The number of aromatic nitrogens is 2. The van der Waals surface area contributed by atoms with Gasteiger partial charge in [0.1, 0.15) is 24.1 Å². The van der Waals surface area contributed by atoms with E-state index in [1.165, 1.54) is 0 Å². The number of rotatable bonds is 8. The van der Waals surface area contributed by atoms with E-state index in [-0.39, 0.29) is 19.4 Å².